The van der Waals surface area contributed by atoms with E-state index in [1.54, 1.807) is 18.2 Å². The van der Waals surface area contributed by atoms with E-state index in [-0.39, 0.29) is 5.56 Å². The topological polar surface area (TPSA) is 32.9 Å². The van der Waals surface area contributed by atoms with Crippen LogP contribution in [0.3, 0.4) is 0 Å². The number of H-pyrrole nitrogens is 1. The van der Waals surface area contributed by atoms with Gasteiger partial charge in [-0.1, -0.05) is 17.7 Å². The molecule has 0 radical (unpaired) electrons. The third kappa shape index (κ3) is 1.37. The van der Waals surface area contributed by atoms with E-state index in [1.807, 2.05) is 6.92 Å². The molecule has 0 aliphatic carbocycles. The molecule has 0 aliphatic rings. The van der Waals surface area contributed by atoms with Gasteiger partial charge in [0.1, 0.15) is 0 Å². The summed E-state index contributed by atoms with van der Waals surface area (Å²) >= 11 is 9.43. The molecule has 2 rings (SSSR count). The van der Waals surface area contributed by atoms with E-state index in [0.29, 0.717) is 10.4 Å². The van der Waals surface area contributed by atoms with Crippen LogP contribution < -0.4 is 5.56 Å². The number of hydrogen-bond donors (Lipinski definition) is 1. The minimum absolute atomic E-state index is 0.108. The van der Waals surface area contributed by atoms with Crippen LogP contribution in [0.25, 0.3) is 10.8 Å². The maximum Gasteiger partial charge on any atom is 0.256 e. The van der Waals surface area contributed by atoms with Crippen LogP contribution in [-0.2, 0) is 0 Å². The van der Waals surface area contributed by atoms with Crippen LogP contribution in [-0.4, -0.2) is 4.98 Å². The Balaban J connectivity index is 3.11. The van der Waals surface area contributed by atoms with Gasteiger partial charge in [-0.15, -0.1) is 0 Å². The molecule has 0 fully saturated rings. The Morgan fingerprint density at radius 2 is 2.14 bits per heavy atom. The second kappa shape index (κ2) is 3.41. The normalized spacial score (nSPS) is 10.8. The van der Waals surface area contributed by atoms with Gasteiger partial charge >= 0.3 is 0 Å². The van der Waals surface area contributed by atoms with Gasteiger partial charge in [-0.05, 0) is 35.0 Å². The Labute approximate surface area is 94.0 Å². The van der Waals surface area contributed by atoms with Gasteiger partial charge in [-0.2, -0.15) is 0 Å². The van der Waals surface area contributed by atoms with Gasteiger partial charge < -0.3 is 4.98 Å². The number of halogens is 2. The van der Waals surface area contributed by atoms with E-state index >= 15 is 0 Å². The fraction of sp³-hybridized carbons (Fsp3) is 0.100. The van der Waals surface area contributed by atoms with Crippen LogP contribution in [0.2, 0.25) is 5.02 Å². The average Bonchev–Trinajstić information content (AvgIpc) is 2.14. The zero-order valence-electron chi connectivity index (χ0n) is 7.40. The number of rotatable bonds is 0. The lowest BCUT2D eigenvalue weighted by atomic mass is 10.1. The zero-order chi connectivity index (χ0) is 10.3. The molecule has 72 valence electrons. The Morgan fingerprint density at radius 1 is 1.43 bits per heavy atom. The van der Waals surface area contributed by atoms with Gasteiger partial charge in [-0.3, -0.25) is 4.79 Å². The van der Waals surface area contributed by atoms with Crippen molar-refractivity contribution in [3.8, 4) is 0 Å². The molecule has 1 heterocycles. The SMILES string of the molecule is Cc1[nH]c(=O)c2cccc(Cl)c2c1Br. The number of aromatic nitrogens is 1. The van der Waals surface area contributed by atoms with E-state index in [0.717, 1.165) is 15.6 Å². The largest absolute Gasteiger partial charge is 0.325 e. The Kier molecular flexibility index (Phi) is 2.37. The molecule has 1 N–H and O–H groups in total. The summed E-state index contributed by atoms with van der Waals surface area (Å²) in [6, 6.07) is 5.29. The van der Waals surface area contributed by atoms with Crippen molar-refractivity contribution in [3.05, 3.63) is 43.7 Å². The molecule has 0 unspecified atom stereocenters. The van der Waals surface area contributed by atoms with E-state index in [1.165, 1.54) is 0 Å². The van der Waals surface area contributed by atoms with Crippen molar-refractivity contribution in [2.45, 2.75) is 6.92 Å². The number of benzene rings is 1. The molecular weight excluding hydrogens is 265 g/mol. The fourth-order valence-corrected chi connectivity index (χ4v) is 2.33. The molecule has 0 spiro atoms. The number of fused-ring (bicyclic) bond motifs is 1. The second-order valence-electron chi connectivity index (χ2n) is 3.06. The lowest BCUT2D eigenvalue weighted by molar-refractivity contribution is 1.16. The summed E-state index contributed by atoms with van der Waals surface area (Å²) in [6.07, 6.45) is 0. The highest BCUT2D eigenvalue weighted by Crippen LogP contribution is 2.29. The van der Waals surface area contributed by atoms with E-state index < -0.39 is 0 Å². The van der Waals surface area contributed by atoms with Crippen LogP contribution in [0.15, 0.2) is 27.5 Å². The van der Waals surface area contributed by atoms with Gasteiger partial charge in [0.25, 0.3) is 5.56 Å². The molecule has 0 saturated carbocycles. The number of nitrogens with one attached hydrogen (secondary N) is 1. The van der Waals surface area contributed by atoms with Crippen LogP contribution in [0, 0.1) is 6.92 Å². The van der Waals surface area contributed by atoms with Crippen LogP contribution in [0.4, 0.5) is 0 Å². The Bertz CT molecular complexity index is 562. The lowest BCUT2D eigenvalue weighted by Crippen LogP contribution is -2.08. The van der Waals surface area contributed by atoms with E-state index in [4.69, 9.17) is 11.6 Å². The van der Waals surface area contributed by atoms with Gasteiger partial charge in [-0.25, -0.2) is 0 Å². The maximum absolute atomic E-state index is 11.6. The molecule has 1 aromatic heterocycles. The predicted molar refractivity (Wildman–Crippen MR) is 62.0 cm³/mol. The van der Waals surface area contributed by atoms with Gasteiger partial charge in [0.15, 0.2) is 0 Å². The van der Waals surface area contributed by atoms with Gasteiger partial charge in [0.05, 0.1) is 0 Å². The lowest BCUT2D eigenvalue weighted by Gasteiger charge is -2.04. The summed E-state index contributed by atoms with van der Waals surface area (Å²) in [4.78, 5) is 14.3. The van der Waals surface area contributed by atoms with Crippen LogP contribution in [0.5, 0.6) is 0 Å². The summed E-state index contributed by atoms with van der Waals surface area (Å²) in [5.41, 5.74) is 0.679. The molecule has 14 heavy (non-hydrogen) atoms. The Hall–Kier alpha value is -0.800. The third-order valence-electron chi connectivity index (χ3n) is 2.11. The van der Waals surface area contributed by atoms with E-state index in [2.05, 4.69) is 20.9 Å². The molecule has 0 amide bonds. The third-order valence-corrected chi connectivity index (χ3v) is 3.41. The summed E-state index contributed by atoms with van der Waals surface area (Å²) < 4.78 is 0.845. The zero-order valence-corrected chi connectivity index (χ0v) is 9.74. The van der Waals surface area contributed by atoms with E-state index in [9.17, 15) is 4.79 Å². The first kappa shape index (κ1) is 9.74. The maximum atomic E-state index is 11.6. The monoisotopic (exact) mass is 271 g/mol. The smallest absolute Gasteiger partial charge is 0.256 e. The first-order valence-corrected chi connectivity index (χ1v) is 5.25. The van der Waals surface area contributed by atoms with Crippen molar-refractivity contribution < 1.29 is 0 Å². The number of aryl methyl sites for hydroxylation is 1. The minimum atomic E-state index is -0.108. The minimum Gasteiger partial charge on any atom is -0.325 e. The number of pyridine rings is 1. The van der Waals surface area contributed by atoms with Crippen LogP contribution in [0.1, 0.15) is 5.69 Å². The standard InChI is InChI=1S/C10H7BrClNO/c1-5-9(11)8-6(10(14)13-5)3-2-4-7(8)12/h2-4H,1H3,(H,13,14). The molecule has 1 aromatic carbocycles. The van der Waals surface area contributed by atoms with Crippen molar-refractivity contribution >= 4 is 38.3 Å². The Morgan fingerprint density at radius 3 is 2.86 bits per heavy atom. The highest BCUT2D eigenvalue weighted by atomic mass is 79.9. The molecule has 2 aromatic rings. The fourth-order valence-electron chi connectivity index (χ4n) is 1.42. The molecule has 0 bridgehead atoms. The van der Waals surface area contributed by atoms with Crippen molar-refractivity contribution in [2.24, 2.45) is 0 Å². The van der Waals surface area contributed by atoms with Crippen molar-refractivity contribution in [1.29, 1.82) is 0 Å². The van der Waals surface area contributed by atoms with Crippen molar-refractivity contribution in [1.82, 2.24) is 4.98 Å². The highest BCUT2D eigenvalue weighted by Gasteiger charge is 2.08. The predicted octanol–water partition coefficient (Wildman–Crippen LogP) is 3.25. The summed E-state index contributed by atoms with van der Waals surface area (Å²) in [5.74, 6) is 0. The summed E-state index contributed by atoms with van der Waals surface area (Å²) in [5, 5.41) is 1.97. The quantitative estimate of drug-likeness (QED) is 0.784. The average molecular weight is 273 g/mol. The number of aromatic amines is 1. The molecule has 4 heteroatoms. The summed E-state index contributed by atoms with van der Waals surface area (Å²) in [6.45, 7) is 1.83. The highest BCUT2D eigenvalue weighted by molar-refractivity contribution is 9.10. The first-order chi connectivity index (χ1) is 6.61. The van der Waals surface area contributed by atoms with Crippen LogP contribution >= 0.6 is 27.5 Å². The molecule has 0 atom stereocenters. The number of hydrogen-bond acceptors (Lipinski definition) is 1. The van der Waals surface area contributed by atoms with Gasteiger partial charge in [0, 0.05) is 26.0 Å². The van der Waals surface area contributed by atoms with Gasteiger partial charge in [0.2, 0.25) is 0 Å². The first-order valence-electron chi connectivity index (χ1n) is 4.08. The van der Waals surface area contributed by atoms with Crippen molar-refractivity contribution in [2.75, 3.05) is 0 Å². The summed E-state index contributed by atoms with van der Waals surface area (Å²) in [7, 11) is 0. The molecule has 2 nitrogen and oxygen atoms in total. The molecular formula is C10H7BrClNO. The molecule has 0 saturated heterocycles. The molecule has 0 aliphatic heterocycles. The second-order valence-corrected chi connectivity index (χ2v) is 4.26. The van der Waals surface area contributed by atoms with Crippen molar-refractivity contribution in [3.63, 3.8) is 0 Å².